The molecule has 0 spiro atoms. The molecule has 54 nitrogen and oxygen atoms in total. The number of benzene rings is 1. The normalized spacial score (nSPS) is 16.0. The zero-order valence-corrected chi connectivity index (χ0v) is 84.8. The van der Waals surface area contributed by atoms with Gasteiger partial charge in [-0.3, -0.25) is 103 Å². The number of aliphatic hydroxyl groups is 1. The van der Waals surface area contributed by atoms with Crippen LogP contribution in [0.1, 0.15) is 207 Å². The van der Waals surface area contributed by atoms with Gasteiger partial charge >= 0.3 is 5.97 Å². The van der Waals surface area contributed by atoms with Crippen molar-refractivity contribution < 1.29 is 96.5 Å². The first-order chi connectivity index (χ1) is 68.6. The fraction of sp³-hybridized carbons (Fsp3) is 0.656. The van der Waals surface area contributed by atoms with Gasteiger partial charge in [-0.15, -0.1) is 0 Å². The number of aliphatic hydroxyl groups excluding tert-OH is 1. The molecule has 1 aromatic heterocycles. The van der Waals surface area contributed by atoms with E-state index >= 15 is 4.79 Å². The zero-order valence-electron chi connectivity index (χ0n) is 83.2. The monoisotopic (exact) mass is 2110 g/mol. The molecule has 15 atom stereocenters. The van der Waals surface area contributed by atoms with Gasteiger partial charge < -0.3 is 167 Å². The molecule has 145 heavy (non-hydrogen) atoms. The predicted molar refractivity (Wildman–Crippen MR) is 536 cm³/mol. The van der Waals surface area contributed by atoms with Crippen LogP contribution in [0.4, 0.5) is 0 Å². The maximum Gasteiger partial charge on any atom is 0.326 e. The van der Waals surface area contributed by atoms with E-state index in [1.54, 1.807) is 38.1 Å². The smallest absolute Gasteiger partial charge is 0.326 e. The van der Waals surface area contributed by atoms with Crippen molar-refractivity contribution in [1.82, 2.24) is 115 Å². The van der Waals surface area contributed by atoms with E-state index in [0.717, 1.165) is 9.37 Å². The Morgan fingerprint density at radius 3 is 1.36 bits per heavy atom. The quantitative estimate of drug-likeness (QED) is 0.0166. The molecule has 810 valence electrons. The third-order valence-corrected chi connectivity index (χ3v) is 24.3. The molecule has 1 aromatic carbocycles. The molecule has 2 fully saturated rings. The molecule has 3 heterocycles. The van der Waals surface area contributed by atoms with Crippen LogP contribution in [0.25, 0.3) is 0 Å². The lowest BCUT2D eigenvalue weighted by molar-refractivity contribution is -0.143. The highest BCUT2D eigenvalue weighted by atomic mass is 79.9. The Labute approximate surface area is 850 Å². The van der Waals surface area contributed by atoms with Crippen molar-refractivity contribution in [2.45, 2.75) is 305 Å². The summed E-state index contributed by atoms with van der Waals surface area (Å²) in [7, 11) is 0. The molecule has 2 saturated heterocycles. The second-order valence-corrected chi connectivity index (χ2v) is 37.5. The molecule has 0 radical (unpaired) electrons. The van der Waals surface area contributed by atoms with Crippen molar-refractivity contribution in [2.24, 2.45) is 51.8 Å². The molecular weight excluding hydrogens is 1960 g/mol. The van der Waals surface area contributed by atoms with Gasteiger partial charge in [0.15, 0.2) is 23.8 Å². The number of halogens is 1. The van der Waals surface area contributed by atoms with Crippen LogP contribution in [-0.4, -0.2) is 322 Å². The number of carboxylic acid groups (broad SMARTS) is 1. The summed E-state index contributed by atoms with van der Waals surface area (Å²) in [5, 5.41) is 98.4. The fourth-order valence-corrected chi connectivity index (χ4v) is 16.0. The van der Waals surface area contributed by atoms with Crippen molar-refractivity contribution in [3.63, 3.8) is 0 Å². The summed E-state index contributed by atoms with van der Waals surface area (Å²) in [4.78, 5) is 264. The first-order valence-corrected chi connectivity index (χ1v) is 49.6. The van der Waals surface area contributed by atoms with E-state index in [0.29, 0.717) is 50.6 Å². The number of guanidine groups is 4. The van der Waals surface area contributed by atoms with Crippen molar-refractivity contribution >= 4 is 146 Å². The number of imidazole rings is 1. The number of primary amides is 1. The third-order valence-electron chi connectivity index (χ3n) is 23.7. The number of carboxylic acids is 1. The number of hydrogen-bond acceptors (Lipinski definition) is 27. The van der Waals surface area contributed by atoms with Crippen molar-refractivity contribution in [3.05, 3.63) is 52.5 Å². The van der Waals surface area contributed by atoms with Gasteiger partial charge in [0.2, 0.25) is 100 Å². The average molecular weight is 2110 g/mol. The van der Waals surface area contributed by atoms with E-state index in [-0.39, 0.29) is 167 Å². The second kappa shape index (κ2) is 64.8. The number of unbranched alkanes of at least 4 members (excludes halogenated alkanes) is 3. The number of nitrogens with one attached hydrogen (secondary N) is 23. The number of amides is 17. The highest BCUT2D eigenvalue weighted by Gasteiger charge is 2.44. The van der Waals surface area contributed by atoms with Crippen LogP contribution in [0.5, 0.6) is 0 Å². The molecule has 0 bridgehead atoms. The molecule has 2 aromatic rings. The Hall–Kier alpha value is -13.7. The minimum atomic E-state index is -1.87. The first-order valence-electron chi connectivity index (χ1n) is 48.8. The van der Waals surface area contributed by atoms with Gasteiger partial charge in [0.25, 0.3) is 0 Å². The number of hydrogen-bond donors (Lipinski definition) is 33. The summed E-state index contributed by atoms with van der Waals surface area (Å²) < 4.78 is 0.759. The number of rotatable bonds is 68. The van der Waals surface area contributed by atoms with Gasteiger partial charge in [-0.1, -0.05) is 68.1 Å². The van der Waals surface area contributed by atoms with E-state index < -0.39 is 258 Å². The van der Waals surface area contributed by atoms with Crippen LogP contribution in [0.2, 0.25) is 0 Å². The van der Waals surface area contributed by atoms with E-state index in [4.69, 9.17) is 67.5 Å². The van der Waals surface area contributed by atoms with Crippen LogP contribution in [0.15, 0.2) is 41.3 Å². The lowest BCUT2D eigenvalue weighted by atomic mass is 10.00. The maximum absolute atomic E-state index is 15.2. The molecule has 55 heteroatoms. The SMILES string of the molecule is CCCC[C@H](NC(=O)[C@@H]1CCCN1C(=O)CNC(=O)[C@H](CCCCN)NC(=O)[C@H](Cc1c[nH]cn1)NC(=O)[C@H](CO)NC(=O)[C@H](CC(C)C)NC(=O)[C@H](CCCNC(=N)N)NC(=O)[C@@H]1CCCN1C(=O)[C@H](CCCNC(=N)N)NC(=O)[C@H](CCC(N)=O)NC(=O)[C@H](CCCNC(=N)N)NC(=O)[C@H](CCCNC(=N)N)NC(=O)[C@H](C)NC(=O)[C@@H](N)CCCCN)C(=O)NC(C)(C)C(=O)N[C@@H](Cc1ccc(Br)cc1)C(=O)O. The molecule has 0 saturated carbocycles. The number of nitrogens with zero attached hydrogens (tertiary/aromatic N) is 3. The van der Waals surface area contributed by atoms with Crippen LogP contribution >= 0.6 is 15.9 Å². The Balaban J connectivity index is 1.58. The summed E-state index contributed by atoms with van der Waals surface area (Å²) in [6, 6.07) is -14.8. The summed E-state index contributed by atoms with van der Waals surface area (Å²) in [5.74, 6) is -18.7. The Kier molecular flexibility index (Phi) is 55.3. The Morgan fingerprint density at radius 1 is 0.469 bits per heavy atom. The summed E-state index contributed by atoms with van der Waals surface area (Å²) in [6.07, 6.45) is 4.11. The zero-order chi connectivity index (χ0) is 108. The van der Waals surface area contributed by atoms with Gasteiger partial charge in [0.1, 0.15) is 90.1 Å². The molecule has 2 aliphatic rings. The van der Waals surface area contributed by atoms with Crippen molar-refractivity contribution in [3.8, 4) is 0 Å². The number of likely N-dealkylation sites (tertiary alicyclic amines) is 2. The second-order valence-electron chi connectivity index (χ2n) is 36.6. The molecule has 0 unspecified atom stereocenters. The van der Waals surface area contributed by atoms with Crippen molar-refractivity contribution in [1.29, 1.82) is 21.6 Å². The average Bonchev–Trinajstić information content (AvgIpc) is 1.18. The summed E-state index contributed by atoms with van der Waals surface area (Å²) >= 11 is 3.34. The highest BCUT2D eigenvalue weighted by molar-refractivity contribution is 9.10. The number of nitrogens with two attached hydrogens (primary N) is 8. The largest absolute Gasteiger partial charge is 0.480 e. The molecule has 0 aliphatic carbocycles. The lowest BCUT2D eigenvalue weighted by Gasteiger charge is -2.31. The van der Waals surface area contributed by atoms with E-state index in [1.165, 1.54) is 38.2 Å². The van der Waals surface area contributed by atoms with E-state index in [9.17, 15) is 91.7 Å². The number of carbonyl (C=O) groups is 18. The van der Waals surface area contributed by atoms with Gasteiger partial charge in [-0.2, -0.15) is 0 Å². The van der Waals surface area contributed by atoms with Gasteiger partial charge in [0.05, 0.1) is 31.2 Å². The number of H-pyrrole nitrogens is 1. The van der Waals surface area contributed by atoms with E-state index in [1.807, 2.05) is 6.92 Å². The molecule has 2 aliphatic heterocycles. The third kappa shape index (κ3) is 45.8. The number of carbonyl (C=O) groups excluding carboxylic acids is 17. The van der Waals surface area contributed by atoms with Crippen LogP contribution in [0, 0.1) is 27.6 Å². The first kappa shape index (κ1) is 124. The predicted octanol–water partition coefficient (Wildman–Crippen LogP) is -8.00. The highest BCUT2D eigenvalue weighted by Crippen LogP contribution is 2.24. The van der Waals surface area contributed by atoms with Crippen LogP contribution in [0.3, 0.4) is 0 Å². The minimum Gasteiger partial charge on any atom is -0.480 e. The maximum atomic E-state index is 15.2. The van der Waals surface area contributed by atoms with Gasteiger partial charge in [0, 0.05) is 69.2 Å². The summed E-state index contributed by atoms with van der Waals surface area (Å²) in [5.41, 5.74) is 44.4. The summed E-state index contributed by atoms with van der Waals surface area (Å²) in [6.45, 7) is 7.98. The number of aromatic nitrogens is 2. The minimum absolute atomic E-state index is 0.00779. The van der Waals surface area contributed by atoms with Gasteiger partial charge in [-0.05, 0) is 186 Å². The standard InChI is InChI=1S/C90H153BrN34O20/c1-7-8-20-59(80(139)123-90(5,6)85(145)122-64(84(143)144)43-51-28-30-52(91)31-29-51)117-81(140)66-26-17-40-124(66)69(128)46-109-72(131)55(21-10-12-35-93)113-78(137)63(44-53-45-104-48-110-53)120-79(138)65(47-126)121-77(136)62(42-49(2)3)119-75(134)58(24-15-38-107-88(100)101)116-82(141)67-27-18-41-125(67)83(142)61(25-16-39-108-89(102)103)118-76(135)60(32-33-68(95)127)115-74(133)57(23-14-37-106-87(98)99)114-73(132)56(22-13-36-105-86(96)97)112-70(129)50(4)111-71(130)54(94)19-9-11-34-92/h28-31,45,48-50,54-67,126H,7-27,32-44,46-47,92-94H2,1-6H3,(H2,95,127)(H,104,110)(H,109,131)(H,111,130)(H,112,129)(H,113,137)(H,114,132)(H,115,133)(H,116,141)(H,117,140)(H,118,135)(H,119,134)(H,120,138)(H,121,136)(H,122,145)(H,123,139)(H,143,144)(H4,96,97,105)(H4,98,99,106)(H4,100,101,107)(H4,102,103,108)/t50-,54-,55-,56-,57-,58-,59-,60-,61-,62-,63-,64-,65-,66-,67-/m0/s1. The molecule has 17 amide bonds. The number of aromatic amines is 1. The molecule has 4 rings (SSSR count). The van der Waals surface area contributed by atoms with Crippen molar-refractivity contribution in [2.75, 3.05) is 65.5 Å². The topological polar surface area (TPSA) is 903 Å². The van der Waals surface area contributed by atoms with Crippen LogP contribution < -0.4 is 142 Å². The Bertz CT molecular complexity index is 4670. The van der Waals surface area contributed by atoms with Crippen LogP contribution in [-0.2, 0) is 99.1 Å². The fourth-order valence-electron chi connectivity index (χ4n) is 15.7. The molecular formula is C90H153BrN34O20. The number of aliphatic carboxylic acids is 1. The Morgan fingerprint density at radius 2 is 0.883 bits per heavy atom. The lowest BCUT2D eigenvalue weighted by Crippen LogP contribution is -2.62. The van der Waals surface area contributed by atoms with Gasteiger partial charge in [-0.25, -0.2) is 9.78 Å². The van der Waals surface area contributed by atoms with E-state index in [2.05, 4.69) is 122 Å². The molecule has 41 N–H and O–H groups in total.